The summed E-state index contributed by atoms with van der Waals surface area (Å²) in [5.74, 6) is -0.829. The van der Waals surface area contributed by atoms with Gasteiger partial charge in [0.1, 0.15) is 0 Å². The van der Waals surface area contributed by atoms with Crippen LogP contribution in [0.2, 0.25) is 4.73 Å². The number of carboxylic acid groups (broad SMARTS) is 1. The minimum atomic E-state index is -0.865. The number of unbranched alkanes of at least 4 members (excludes halogenated alkanes) is 15. The van der Waals surface area contributed by atoms with Crippen molar-refractivity contribution in [2.75, 3.05) is 6.54 Å². The zero-order valence-corrected chi connectivity index (χ0v) is 21.5. The maximum atomic E-state index is 12.7. The second-order valence-electron chi connectivity index (χ2n) is 8.70. The molecule has 0 bridgehead atoms. The van der Waals surface area contributed by atoms with Gasteiger partial charge < -0.3 is 0 Å². The van der Waals surface area contributed by atoms with E-state index in [2.05, 4.69) is 13.8 Å². The van der Waals surface area contributed by atoms with Gasteiger partial charge in [0.2, 0.25) is 0 Å². The molecule has 0 unspecified atom stereocenters. The van der Waals surface area contributed by atoms with Crippen LogP contribution in [-0.4, -0.2) is 34.5 Å². The summed E-state index contributed by atoms with van der Waals surface area (Å²) in [5.41, 5.74) is 0. The first kappa shape index (κ1) is 29.7. The average Bonchev–Trinajstić information content (AvgIpc) is 2.73. The molecule has 0 saturated heterocycles. The van der Waals surface area contributed by atoms with Gasteiger partial charge >= 0.3 is 166 Å². The van der Waals surface area contributed by atoms with Gasteiger partial charge in [-0.15, -0.1) is 0 Å². The Bertz CT molecular complexity index is 417. The molecule has 0 radical (unpaired) electrons. The molecular weight excluding hydrogens is 410 g/mol. The fraction of sp³-hybridized carbons (Fsp3) is 0.920. The molecule has 0 rings (SSSR count). The fourth-order valence-corrected chi connectivity index (χ4v) is 4.55. The molecule has 0 aromatic rings. The quantitative estimate of drug-likeness (QED) is 0.137. The van der Waals surface area contributed by atoms with Crippen LogP contribution < -0.4 is 0 Å². The molecule has 0 aliphatic carbocycles. The van der Waals surface area contributed by atoms with Gasteiger partial charge in [-0.05, 0) is 0 Å². The van der Waals surface area contributed by atoms with Gasteiger partial charge in [-0.1, -0.05) is 32.6 Å². The summed E-state index contributed by atoms with van der Waals surface area (Å²) in [4.78, 5) is 26.0. The van der Waals surface area contributed by atoms with Crippen molar-refractivity contribution in [1.82, 2.24) is 4.90 Å². The first-order chi connectivity index (χ1) is 14.6. The van der Waals surface area contributed by atoms with Gasteiger partial charge in [0, 0.05) is 0 Å². The zero-order valence-electron chi connectivity index (χ0n) is 19.9. The molecule has 1 atom stereocenters. The van der Waals surface area contributed by atoms with E-state index >= 15 is 0 Å². The molecule has 0 fully saturated rings. The molecule has 4 nitrogen and oxygen atoms in total. The molecule has 5 heteroatoms. The van der Waals surface area contributed by atoms with Crippen LogP contribution in [-0.2, 0) is 30.0 Å². The third-order valence-corrected chi connectivity index (χ3v) is 6.53. The van der Waals surface area contributed by atoms with Crippen molar-refractivity contribution < 1.29 is 35.1 Å². The summed E-state index contributed by atoms with van der Waals surface area (Å²) in [6, 6.07) is -0.666. The van der Waals surface area contributed by atoms with E-state index in [1.54, 1.807) is 4.90 Å². The van der Waals surface area contributed by atoms with Crippen molar-refractivity contribution in [3.05, 3.63) is 0 Å². The molecule has 1 N–H and O–H groups in total. The Morgan fingerprint density at radius 1 is 0.700 bits per heavy atom. The summed E-state index contributed by atoms with van der Waals surface area (Å²) < 4.78 is 0.481. The van der Waals surface area contributed by atoms with Crippen LogP contribution in [0.4, 0.5) is 0 Å². The molecule has 0 saturated carbocycles. The Morgan fingerprint density at radius 2 is 1.10 bits per heavy atom. The van der Waals surface area contributed by atoms with E-state index in [0.717, 1.165) is 25.7 Å². The van der Waals surface area contributed by atoms with E-state index < -0.39 is 12.0 Å². The predicted octanol–water partition coefficient (Wildman–Crippen LogP) is 7.29. The second kappa shape index (κ2) is 21.9. The molecule has 30 heavy (non-hydrogen) atoms. The summed E-state index contributed by atoms with van der Waals surface area (Å²) >= 11 is 1.86. The Kier molecular flexibility index (Phi) is 21.6. The van der Waals surface area contributed by atoms with Gasteiger partial charge in [-0.3, -0.25) is 0 Å². The number of aliphatic carboxylic acids is 1. The van der Waals surface area contributed by atoms with Crippen LogP contribution in [0.15, 0.2) is 0 Å². The van der Waals surface area contributed by atoms with Crippen LogP contribution in [0, 0.1) is 0 Å². The van der Waals surface area contributed by atoms with Crippen molar-refractivity contribution in [2.45, 2.75) is 140 Å². The number of carbonyl (C=O) groups excluding carboxylic acids is 1. The first-order valence-corrected chi connectivity index (χ1v) is 13.9. The normalized spacial score (nSPS) is 12.0. The Hall–Kier alpha value is -0.346. The van der Waals surface area contributed by atoms with Crippen LogP contribution in [0.1, 0.15) is 129 Å². The predicted molar refractivity (Wildman–Crippen MR) is 122 cm³/mol. The van der Waals surface area contributed by atoms with Crippen LogP contribution >= 0.6 is 0 Å². The molecule has 0 aromatic heterocycles. The third kappa shape index (κ3) is 16.4. The molecular formula is C25H48NO3Ti. The fourth-order valence-electron chi connectivity index (χ4n) is 3.93. The molecule has 1 amide bonds. The van der Waals surface area contributed by atoms with Gasteiger partial charge in [-0.25, -0.2) is 0 Å². The standard InChI is InChI=1S/C25H48NO3.Ti/c1-4-6-8-10-12-13-14-15-16-17-19-21-24(27)26(23(3)25(28)29)22-20-18-11-9-7-5-2;/h23H,3-22H2,1-2H3,(H,28,29);/t23-;/m0./s1. The maximum absolute atomic E-state index is 12.7. The van der Waals surface area contributed by atoms with Crippen molar-refractivity contribution in [2.24, 2.45) is 0 Å². The molecule has 0 aliphatic heterocycles. The van der Waals surface area contributed by atoms with Gasteiger partial charge in [0.15, 0.2) is 0 Å². The van der Waals surface area contributed by atoms with E-state index in [9.17, 15) is 14.7 Å². The minimum absolute atomic E-state index is 0.0359. The zero-order chi connectivity index (χ0) is 22.5. The number of amides is 1. The van der Waals surface area contributed by atoms with E-state index in [1.807, 2.05) is 20.4 Å². The summed E-state index contributed by atoms with van der Waals surface area (Å²) in [6.45, 7) is 5.05. The number of rotatable bonds is 22. The Balaban J connectivity index is 4.06. The van der Waals surface area contributed by atoms with E-state index in [0.29, 0.717) is 17.7 Å². The van der Waals surface area contributed by atoms with Crippen molar-refractivity contribution >= 4 is 11.9 Å². The van der Waals surface area contributed by atoms with Gasteiger partial charge in [0.05, 0.1) is 0 Å². The number of carboxylic acids is 1. The van der Waals surface area contributed by atoms with Crippen molar-refractivity contribution in [3.63, 3.8) is 0 Å². The molecule has 0 heterocycles. The van der Waals surface area contributed by atoms with Crippen LogP contribution in [0.5, 0.6) is 0 Å². The summed E-state index contributed by atoms with van der Waals surface area (Å²) in [6.07, 6.45) is 21.2. The Morgan fingerprint density at radius 3 is 1.50 bits per heavy atom. The van der Waals surface area contributed by atoms with Crippen molar-refractivity contribution in [3.8, 4) is 0 Å². The first-order valence-electron chi connectivity index (χ1n) is 12.7. The van der Waals surface area contributed by atoms with Crippen molar-refractivity contribution in [1.29, 1.82) is 0 Å². The van der Waals surface area contributed by atoms with E-state index in [4.69, 9.17) is 0 Å². The monoisotopic (exact) mass is 458 g/mol. The number of nitrogens with zero attached hydrogens (tertiary/aromatic N) is 1. The molecule has 175 valence electrons. The van der Waals surface area contributed by atoms with E-state index in [-0.39, 0.29) is 5.91 Å². The van der Waals surface area contributed by atoms with Crippen LogP contribution in [0.3, 0.4) is 0 Å². The molecule has 0 aliphatic rings. The van der Waals surface area contributed by atoms with Gasteiger partial charge in [0.25, 0.3) is 0 Å². The van der Waals surface area contributed by atoms with Crippen LogP contribution in [0.25, 0.3) is 0 Å². The SMILES string of the molecule is CCCCCCCCCCCCCC(=O)N(CCCCCCCC)[C@@H]([CH2][Ti])C(=O)O. The Labute approximate surface area is 198 Å². The average molecular weight is 459 g/mol. The molecule has 0 aromatic carbocycles. The summed E-state index contributed by atoms with van der Waals surface area (Å²) in [7, 11) is 0. The third-order valence-electron chi connectivity index (χ3n) is 5.92. The number of carbonyl (C=O) groups is 2. The summed E-state index contributed by atoms with van der Waals surface area (Å²) in [5, 5.41) is 9.53. The number of hydrogen-bond donors (Lipinski definition) is 1. The van der Waals surface area contributed by atoms with Gasteiger partial charge in [-0.2, -0.15) is 0 Å². The second-order valence-corrected chi connectivity index (χ2v) is 9.34. The van der Waals surface area contributed by atoms with E-state index in [1.165, 1.54) is 83.5 Å². The molecule has 0 spiro atoms. The topological polar surface area (TPSA) is 57.6 Å². The number of hydrogen-bond acceptors (Lipinski definition) is 2.